The fraction of sp³-hybridized carbons (Fsp3) is 0.105. The monoisotopic (exact) mass is 450 g/mol. The summed E-state index contributed by atoms with van der Waals surface area (Å²) in [7, 11) is 0. The average Bonchev–Trinajstić information content (AvgIpc) is 2.66. The Hall–Kier alpha value is -2.64. The Balaban J connectivity index is 1.69. The van der Waals surface area contributed by atoms with Crippen LogP contribution in [0.5, 0.6) is 0 Å². The van der Waals surface area contributed by atoms with Crippen LogP contribution in [0.1, 0.15) is 5.56 Å². The Morgan fingerprint density at radius 1 is 1.04 bits per heavy atom. The molecule has 2 rings (SSSR count). The number of esters is 1. The number of halogens is 2. The van der Waals surface area contributed by atoms with E-state index in [0.717, 1.165) is 10.0 Å². The summed E-state index contributed by atoms with van der Waals surface area (Å²) in [4.78, 5) is 35.1. The van der Waals surface area contributed by atoms with Crippen LogP contribution in [0.2, 0.25) is 5.02 Å². The molecule has 140 valence electrons. The molecule has 0 aliphatic heterocycles. The van der Waals surface area contributed by atoms with Gasteiger partial charge in [0.15, 0.2) is 6.61 Å². The molecular weight excluding hydrogens is 436 g/mol. The van der Waals surface area contributed by atoms with E-state index in [1.54, 1.807) is 48.5 Å². The summed E-state index contributed by atoms with van der Waals surface area (Å²) in [6.07, 6.45) is 2.75. The van der Waals surface area contributed by atoms with Gasteiger partial charge >= 0.3 is 5.97 Å². The molecule has 2 aromatic carbocycles. The van der Waals surface area contributed by atoms with E-state index < -0.39 is 24.4 Å². The van der Waals surface area contributed by atoms with Crippen LogP contribution in [-0.4, -0.2) is 30.9 Å². The van der Waals surface area contributed by atoms with Gasteiger partial charge in [-0.15, -0.1) is 0 Å². The van der Waals surface area contributed by atoms with Crippen molar-refractivity contribution in [3.05, 3.63) is 69.7 Å². The SMILES string of the molecule is O=C(COC(=O)/C=C/c1ccc(Cl)cc1)NCC(=O)Nc1ccccc1Br. The van der Waals surface area contributed by atoms with Crippen LogP contribution in [0, 0.1) is 0 Å². The molecule has 0 spiro atoms. The zero-order chi connectivity index (χ0) is 19.6. The van der Waals surface area contributed by atoms with E-state index in [1.165, 1.54) is 6.08 Å². The van der Waals surface area contributed by atoms with Crippen LogP contribution in [-0.2, 0) is 19.1 Å². The highest BCUT2D eigenvalue weighted by Gasteiger charge is 2.09. The molecule has 8 heteroatoms. The van der Waals surface area contributed by atoms with Gasteiger partial charge < -0.3 is 15.4 Å². The van der Waals surface area contributed by atoms with Gasteiger partial charge in [0.2, 0.25) is 5.91 Å². The van der Waals surface area contributed by atoms with E-state index in [2.05, 4.69) is 26.6 Å². The third-order valence-electron chi connectivity index (χ3n) is 3.22. The van der Waals surface area contributed by atoms with Crippen molar-refractivity contribution in [2.75, 3.05) is 18.5 Å². The topological polar surface area (TPSA) is 84.5 Å². The predicted molar refractivity (Wildman–Crippen MR) is 107 cm³/mol. The second-order valence-electron chi connectivity index (χ2n) is 5.30. The summed E-state index contributed by atoms with van der Waals surface area (Å²) in [5.41, 5.74) is 1.36. The van der Waals surface area contributed by atoms with Crippen molar-refractivity contribution in [3.8, 4) is 0 Å². The summed E-state index contributed by atoms with van der Waals surface area (Å²) in [5.74, 6) is -1.65. The van der Waals surface area contributed by atoms with Crippen molar-refractivity contribution in [2.24, 2.45) is 0 Å². The van der Waals surface area contributed by atoms with E-state index in [9.17, 15) is 14.4 Å². The minimum absolute atomic E-state index is 0.238. The Kier molecular flexibility index (Phi) is 8.03. The summed E-state index contributed by atoms with van der Waals surface area (Å²) in [5, 5.41) is 5.61. The van der Waals surface area contributed by atoms with E-state index in [-0.39, 0.29) is 6.54 Å². The molecule has 2 aromatic rings. The summed E-state index contributed by atoms with van der Waals surface area (Å²) in [6.45, 7) is -0.718. The molecule has 0 saturated heterocycles. The van der Waals surface area contributed by atoms with Gasteiger partial charge in [-0.05, 0) is 51.8 Å². The Bertz CT molecular complexity index is 853. The van der Waals surface area contributed by atoms with E-state index in [1.807, 2.05) is 6.07 Å². The minimum Gasteiger partial charge on any atom is -0.452 e. The lowest BCUT2D eigenvalue weighted by Gasteiger charge is -2.08. The fourth-order valence-electron chi connectivity index (χ4n) is 1.91. The first-order chi connectivity index (χ1) is 12.9. The van der Waals surface area contributed by atoms with Gasteiger partial charge in [-0.1, -0.05) is 35.9 Å². The highest BCUT2D eigenvalue weighted by Crippen LogP contribution is 2.20. The van der Waals surface area contributed by atoms with E-state index >= 15 is 0 Å². The maximum Gasteiger partial charge on any atom is 0.331 e. The molecular formula is C19H16BrClN2O4. The molecule has 6 nitrogen and oxygen atoms in total. The largest absolute Gasteiger partial charge is 0.452 e. The highest BCUT2D eigenvalue weighted by atomic mass is 79.9. The molecule has 0 heterocycles. The zero-order valence-corrected chi connectivity index (χ0v) is 16.4. The fourth-order valence-corrected chi connectivity index (χ4v) is 2.42. The van der Waals surface area contributed by atoms with Crippen molar-refractivity contribution < 1.29 is 19.1 Å². The second-order valence-corrected chi connectivity index (χ2v) is 6.59. The molecule has 0 atom stereocenters. The van der Waals surface area contributed by atoms with E-state index in [4.69, 9.17) is 16.3 Å². The number of hydrogen-bond acceptors (Lipinski definition) is 4. The molecule has 0 aromatic heterocycles. The van der Waals surface area contributed by atoms with Crippen molar-refractivity contribution >= 4 is 57.1 Å². The zero-order valence-electron chi connectivity index (χ0n) is 14.1. The minimum atomic E-state index is -0.669. The standard InChI is InChI=1S/C19H16BrClN2O4/c20-15-3-1-2-4-16(15)23-17(24)11-22-18(25)12-27-19(26)10-7-13-5-8-14(21)9-6-13/h1-10H,11-12H2,(H,22,25)(H,23,24)/b10-7+. The lowest BCUT2D eigenvalue weighted by Crippen LogP contribution is -2.35. The molecule has 0 unspecified atom stereocenters. The van der Waals surface area contributed by atoms with Crippen LogP contribution >= 0.6 is 27.5 Å². The normalized spacial score (nSPS) is 10.4. The molecule has 0 aliphatic rings. The third kappa shape index (κ3) is 7.64. The van der Waals surface area contributed by atoms with Gasteiger partial charge in [0, 0.05) is 15.6 Å². The van der Waals surface area contributed by atoms with Crippen molar-refractivity contribution in [3.63, 3.8) is 0 Å². The van der Waals surface area contributed by atoms with Crippen molar-refractivity contribution in [2.45, 2.75) is 0 Å². The van der Waals surface area contributed by atoms with Gasteiger partial charge in [0.25, 0.3) is 5.91 Å². The predicted octanol–water partition coefficient (Wildman–Crippen LogP) is 3.41. The number of nitrogens with one attached hydrogen (secondary N) is 2. The van der Waals surface area contributed by atoms with Gasteiger partial charge in [-0.2, -0.15) is 0 Å². The van der Waals surface area contributed by atoms with Gasteiger partial charge in [0.1, 0.15) is 0 Å². The molecule has 0 aliphatic carbocycles. The molecule has 0 saturated carbocycles. The molecule has 0 radical (unpaired) electrons. The number of anilines is 1. The lowest BCUT2D eigenvalue weighted by atomic mass is 10.2. The first kappa shape index (κ1) is 20.7. The number of carbonyl (C=O) groups excluding carboxylic acids is 3. The molecule has 2 N–H and O–H groups in total. The number of ether oxygens (including phenoxy) is 1. The molecule has 27 heavy (non-hydrogen) atoms. The van der Waals surface area contributed by atoms with Gasteiger partial charge in [-0.3, -0.25) is 9.59 Å². The number of rotatable bonds is 7. The number of hydrogen-bond donors (Lipinski definition) is 2. The molecule has 2 amide bonds. The number of para-hydroxylation sites is 1. The number of amides is 2. The average molecular weight is 452 g/mol. The third-order valence-corrected chi connectivity index (χ3v) is 4.16. The van der Waals surface area contributed by atoms with Crippen LogP contribution < -0.4 is 10.6 Å². The Morgan fingerprint density at radius 3 is 2.44 bits per heavy atom. The first-order valence-electron chi connectivity index (χ1n) is 7.85. The van der Waals surface area contributed by atoms with E-state index in [0.29, 0.717) is 10.7 Å². The molecule has 0 fully saturated rings. The van der Waals surface area contributed by atoms with Gasteiger partial charge in [0.05, 0.1) is 12.2 Å². The number of carbonyl (C=O) groups is 3. The van der Waals surface area contributed by atoms with Crippen molar-refractivity contribution in [1.82, 2.24) is 5.32 Å². The van der Waals surface area contributed by atoms with Crippen molar-refractivity contribution in [1.29, 1.82) is 0 Å². The Morgan fingerprint density at radius 2 is 1.74 bits per heavy atom. The summed E-state index contributed by atoms with van der Waals surface area (Å²) in [6, 6.07) is 14.0. The van der Waals surface area contributed by atoms with Crippen LogP contribution in [0.25, 0.3) is 6.08 Å². The Labute approximate surface area is 169 Å². The molecule has 0 bridgehead atoms. The summed E-state index contributed by atoms with van der Waals surface area (Å²) < 4.78 is 5.54. The summed E-state index contributed by atoms with van der Waals surface area (Å²) >= 11 is 9.08. The maximum absolute atomic E-state index is 11.8. The second kappa shape index (κ2) is 10.5. The lowest BCUT2D eigenvalue weighted by molar-refractivity contribution is -0.143. The smallest absolute Gasteiger partial charge is 0.331 e. The van der Waals surface area contributed by atoms with Gasteiger partial charge in [-0.25, -0.2) is 4.79 Å². The first-order valence-corrected chi connectivity index (χ1v) is 9.02. The number of benzene rings is 2. The maximum atomic E-state index is 11.8. The highest BCUT2D eigenvalue weighted by molar-refractivity contribution is 9.10. The van der Waals surface area contributed by atoms with Crippen LogP contribution in [0.4, 0.5) is 5.69 Å². The van der Waals surface area contributed by atoms with Crippen LogP contribution in [0.15, 0.2) is 59.1 Å². The quantitative estimate of drug-likeness (QED) is 0.499. The van der Waals surface area contributed by atoms with Crippen LogP contribution in [0.3, 0.4) is 0 Å².